The van der Waals surface area contributed by atoms with Crippen molar-refractivity contribution in [2.75, 3.05) is 0 Å². The Morgan fingerprint density at radius 2 is 1.50 bits per heavy atom. The molecule has 4 rings (SSSR count). The zero-order valence-electron chi connectivity index (χ0n) is 20.7. The maximum atomic E-state index is 13.8. The monoisotopic (exact) mass is 472 g/mol. The lowest BCUT2D eigenvalue weighted by atomic mass is 9.98. The van der Waals surface area contributed by atoms with Crippen LogP contribution in [0.25, 0.3) is 22.2 Å². The molecule has 0 aliphatic heterocycles. The van der Waals surface area contributed by atoms with E-state index in [0.29, 0.717) is 27.9 Å². The fourth-order valence-corrected chi connectivity index (χ4v) is 3.87. The van der Waals surface area contributed by atoms with E-state index in [9.17, 15) is 9.90 Å². The van der Waals surface area contributed by atoms with Crippen LogP contribution in [-0.2, 0) is 0 Å². The number of carbonyl (C=O) groups is 1. The summed E-state index contributed by atoms with van der Waals surface area (Å²) < 4.78 is 0. The molecule has 1 heterocycles. The van der Waals surface area contributed by atoms with Gasteiger partial charge in [0.25, 0.3) is 5.91 Å². The van der Waals surface area contributed by atoms with Crippen LogP contribution in [0.5, 0.6) is 5.75 Å². The normalized spacial score (nSPS) is 11.9. The van der Waals surface area contributed by atoms with Crippen molar-refractivity contribution in [1.82, 2.24) is 4.98 Å². The molecule has 0 fully saturated rings. The highest BCUT2D eigenvalue weighted by Crippen LogP contribution is 2.36. The summed E-state index contributed by atoms with van der Waals surface area (Å²) in [6, 6.07) is 26.1. The fraction of sp³-hybridized carbons (Fsp3) is 0.0938. The quantitative estimate of drug-likeness (QED) is 0.231. The molecule has 1 amide bonds. The minimum atomic E-state index is -0.551. The second kappa shape index (κ2) is 10.8. The first-order valence-electron chi connectivity index (χ1n) is 11.7. The van der Waals surface area contributed by atoms with Gasteiger partial charge in [-0.3, -0.25) is 4.79 Å². The van der Waals surface area contributed by atoms with Crippen molar-refractivity contribution < 1.29 is 9.90 Å². The lowest BCUT2D eigenvalue weighted by Crippen LogP contribution is -2.10. The summed E-state index contributed by atoms with van der Waals surface area (Å²) in [5.74, 6) is -0.740. The molecule has 4 heteroatoms. The SMILES string of the molecule is C=CC(=C\C(C)=C(C)C)/C(=N/C(=O)c1c(O)c(-c2ccccc2)nc2ccccc12)c1ccccc1. The summed E-state index contributed by atoms with van der Waals surface area (Å²) in [5.41, 5.74) is 5.97. The summed E-state index contributed by atoms with van der Waals surface area (Å²) >= 11 is 0. The number of hydrogen-bond acceptors (Lipinski definition) is 3. The second-order valence-electron chi connectivity index (χ2n) is 8.69. The second-order valence-corrected chi connectivity index (χ2v) is 8.69. The molecule has 1 aromatic heterocycles. The number of aromatic hydroxyl groups is 1. The van der Waals surface area contributed by atoms with E-state index in [-0.39, 0.29) is 11.3 Å². The third kappa shape index (κ3) is 5.08. The molecule has 0 aliphatic carbocycles. The lowest BCUT2D eigenvalue weighted by molar-refractivity contribution is 0.100. The maximum Gasteiger partial charge on any atom is 0.282 e. The largest absolute Gasteiger partial charge is 0.505 e. The van der Waals surface area contributed by atoms with Crippen LogP contribution >= 0.6 is 0 Å². The summed E-state index contributed by atoms with van der Waals surface area (Å²) in [6.07, 6.45) is 3.67. The molecule has 0 radical (unpaired) electrons. The van der Waals surface area contributed by atoms with Gasteiger partial charge in [-0.15, -0.1) is 0 Å². The van der Waals surface area contributed by atoms with Gasteiger partial charge in [0, 0.05) is 22.1 Å². The van der Waals surface area contributed by atoms with Gasteiger partial charge in [0.05, 0.1) is 16.8 Å². The van der Waals surface area contributed by atoms with Crippen LogP contribution in [0, 0.1) is 0 Å². The average molecular weight is 473 g/mol. The van der Waals surface area contributed by atoms with Crippen LogP contribution in [0.3, 0.4) is 0 Å². The molecule has 36 heavy (non-hydrogen) atoms. The Labute approximate surface area is 211 Å². The highest BCUT2D eigenvalue weighted by atomic mass is 16.3. The topological polar surface area (TPSA) is 62.5 Å². The number of allylic oxidation sites excluding steroid dienone is 5. The van der Waals surface area contributed by atoms with E-state index in [1.807, 2.05) is 106 Å². The summed E-state index contributed by atoms with van der Waals surface area (Å²) in [6.45, 7) is 10.1. The molecule has 4 nitrogen and oxygen atoms in total. The number of amides is 1. The zero-order valence-corrected chi connectivity index (χ0v) is 20.7. The number of nitrogens with zero attached hydrogens (tertiary/aromatic N) is 2. The molecule has 0 saturated carbocycles. The number of rotatable bonds is 6. The first kappa shape index (κ1) is 24.6. The van der Waals surface area contributed by atoms with Crippen molar-refractivity contribution in [3.63, 3.8) is 0 Å². The molecule has 178 valence electrons. The summed E-state index contributed by atoms with van der Waals surface area (Å²) in [7, 11) is 0. The smallest absolute Gasteiger partial charge is 0.282 e. The predicted octanol–water partition coefficient (Wildman–Crippen LogP) is 7.71. The van der Waals surface area contributed by atoms with Gasteiger partial charge in [0.1, 0.15) is 5.69 Å². The van der Waals surface area contributed by atoms with E-state index >= 15 is 0 Å². The molecular weight excluding hydrogens is 444 g/mol. The van der Waals surface area contributed by atoms with Crippen molar-refractivity contribution in [3.05, 3.63) is 132 Å². The minimum Gasteiger partial charge on any atom is -0.505 e. The van der Waals surface area contributed by atoms with E-state index in [4.69, 9.17) is 0 Å². The molecule has 0 saturated heterocycles. The van der Waals surface area contributed by atoms with Crippen molar-refractivity contribution in [2.24, 2.45) is 4.99 Å². The number of benzene rings is 3. The number of pyridine rings is 1. The fourth-order valence-electron chi connectivity index (χ4n) is 3.87. The van der Waals surface area contributed by atoms with Crippen LogP contribution in [-0.4, -0.2) is 21.7 Å². The number of aromatic nitrogens is 1. The first-order chi connectivity index (χ1) is 17.4. The number of fused-ring (bicyclic) bond motifs is 1. The molecule has 0 bridgehead atoms. The number of para-hydroxylation sites is 1. The van der Waals surface area contributed by atoms with Crippen molar-refractivity contribution >= 4 is 22.5 Å². The van der Waals surface area contributed by atoms with Crippen molar-refractivity contribution in [2.45, 2.75) is 20.8 Å². The Balaban J connectivity index is 1.98. The molecule has 3 aromatic carbocycles. The van der Waals surface area contributed by atoms with E-state index in [1.54, 1.807) is 12.1 Å². The van der Waals surface area contributed by atoms with Gasteiger partial charge in [-0.2, -0.15) is 0 Å². The lowest BCUT2D eigenvalue weighted by Gasteiger charge is -2.13. The Morgan fingerprint density at radius 3 is 2.14 bits per heavy atom. The molecule has 4 aromatic rings. The Morgan fingerprint density at radius 1 is 0.889 bits per heavy atom. The van der Waals surface area contributed by atoms with Crippen molar-refractivity contribution in [1.29, 1.82) is 0 Å². The highest BCUT2D eigenvalue weighted by molar-refractivity contribution is 6.22. The average Bonchev–Trinajstić information content (AvgIpc) is 2.90. The van der Waals surface area contributed by atoms with Crippen LogP contribution in [0.2, 0.25) is 0 Å². The highest BCUT2D eigenvalue weighted by Gasteiger charge is 2.22. The van der Waals surface area contributed by atoms with Crippen LogP contribution in [0.15, 0.2) is 125 Å². The van der Waals surface area contributed by atoms with Gasteiger partial charge < -0.3 is 5.11 Å². The maximum absolute atomic E-state index is 13.8. The Bertz CT molecular complexity index is 1520. The standard InChI is InChI=1S/C32H28N2O2/c1-5-23(20-22(4)21(2)3)29(24-14-8-6-9-15-24)34-32(36)28-26-18-12-13-19-27(26)33-30(31(28)35)25-16-10-7-11-17-25/h5-20,35H,1H2,2-4H3/b23-20+,34-29-. The molecule has 1 N–H and O–H groups in total. The van der Waals surface area contributed by atoms with Crippen LogP contribution < -0.4 is 0 Å². The first-order valence-corrected chi connectivity index (χ1v) is 11.7. The van der Waals surface area contributed by atoms with E-state index < -0.39 is 5.91 Å². The van der Waals surface area contributed by atoms with Crippen LogP contribution in [0.4, 0.5) is 0 Å². The van der Waals surface area contributed by atoms with Gasteiger partial charge in [-0.05, 0) is 32.9 Å². The van der Waals surface area contributed by atoms with Crippen molar-refractivity contribution in [3.8, 4) is 17.0 Å². The Hall–Kier alpha value is -4.57. The number of hydrogen-bond donors (Lipinski definition) is 1. The molecular formula is C32H28N2O2. The minimum absolute atomic E-state index is 0.121. The third-order valence-corrected chi connectivity index (χ3v) is 6.04. The zero-order chi connectivity index (χ0) is 25.7. The van der Waals surface area contributed by atoms with Gasteiger partial charge in [-0.25, -0.2) is 9.98 Å². The van der Waals surface area contributed by atoms with Gasteiger partial charge in [0.15, 0.2) is 5.75 Å². The number of carbonyl (C=O) groups excluding carboxylic acids is 1. The van der Waals surface area contributed by atoms with Gasteiger partial charge in [0.2, 0.25) is 0 Å². The van der Waals surface area contributed by atoms with E-state index in [2.05, 4.69) is 16.6 Å². The van der Waals surface area contributed by atoms with Gasteiger partial charge >= 0.3 is 0 Å². The molecule has 0 atom stereocenters. The van der Waals surface area contributed by atoms with E-state index in [0.717, 1.165) is 22.3 Å². The summed E-state index contributed by atoms with van der Waals surface area (Å²) in [4.78, 5) is 23.1. The predicted molar refractivity (Wildman–Crippen MR) is 148 cm³/mol. The molecule has 0 spiro atoms. The van der Waals surface area contributed by atoms with Crippen LogP contribution in [0.1, 0.15) is 36.7 Å². The van der Waals surface area contributed by atoms with E-state index in [1.165, 1.54) is 0 Å². The van der Waals surface area contributed by atoms with Gasteiger partial charge in [-0.1, -0.05) is 103 Å². The Kier molecular flexibility index (Phi) is 7.36. The third-order valence-electron chi connectivity index (χ3n) is 6.04. The number of aliphatic imine (C=N–C) groups is 1. The molecule has 0 aliphatic rings. The summed E-state index contributed by atoms with van der Waals surface area (Å²) in [5, 5.41) is 11.9. The molecule has 0 unspecified atom stereocenters.